The topological polar surface area (TPSA) is 44.8 Å². The molecule has 0 N–H and O–H groups in total. The van der Waals surface area contributed by atoms with E-state index in [0.29, 0.717) is 23.0 Å². The normalized spacial score (nSPS) is 15.1. The van der Waals surface area contributed by atoms with Crippen molar-refractivity contribution in [1.29, 1.82) is 0 Å². The summed E-state index contributed by atoms with van der Waals surface area (Å²) in [6.07, 6.45) is 1.84. The lowest BCUT2D eigenvalue weighted by Crippen LogP contribution is -2.15. The van der Waals surface area contributed by atoms with Crippen LogP contribution in [-0.2, 0) is 4.57 Å². The Bertz CT molecular complexity index is 1230. The van der Waals surface area contributed by atoms with Crippen LogP contribution in [0.15, 0.2) is 121 Å². The van der Waals surface area contributed by atoms with E-state index in [0.717, 1.165) is 11.1 Å². The van der Waals surface area contributed by atoms with Gasteiger partial charge in [0.15, 0.2) is 0 Å². The third-order valence-corrected chi connectivity index (χ3v) is 7.16. The van der Waals surface area contributed by atoms with Gasteiger partial charge in [-0.1, -0.05) is 84.9 Å². The van der Waals surface area contributed by atoms with E-state index >= 15 is 0 Å². The minimum absolute atomic E-state index is 0.477. The highest BCUT2D eigenvalue weighted by molar-refractivity contribution is 7.55. The van der Waals surface area contributed by atoms with Crippen LogP contribution in [0.2, 0.25) is 0 Å². The molecular weight excluding hydrogens is 419 g/mol. The lowest BCUT2D eigenvalue weighted by molar-refractivity contribution is 0.375. The molecule has 1 atom stereocenters. The average molecular weight is 440 g/mol. The maximum absolute atomic E-state index is 14.5. The van der Waals surface area contributed by atoms with Crippen LogP contribution in [0.5, 0.6) is 17.2 Å². The van der Waals surface area contributed by atoms with Crippen LogP contribution in [0.3, 0.4) is 0 Å². The third kappa shape index (κ3) is 4.18. The summed E-state index contributed by atoms with van der Waals surface area (Å²) in [4.78, 5) is 0. The molecule has 4 aromatic rings. The minimum atomic E-state index is -3.79. The molecule has 4 nitrogen and oxygen atoms in total. The predicted molar refractivity (Wildman–Crippen MR) is 126 cm³/mol. The summed E-state index contributed by atoms with van der Waals surface area (Å²) in [6, 6.07) is 35.5. The summed E-state index contributed by atoms with van der Waals surface area (Å²) in [5, 5.41) is 0. The molecule has 5 rings (SSSR count). The van der Waals surface area contributed by atoms with Gasteiger partial charge in [0.1, 0.15) is 28.7 Å². The summed E-state index contributed by atoms with van der Waals surface area (Å²) >= 11 is 0. The van der Waals surface area contributed by atoms with Gasteiger partial charge in [0.25, 0.3) is 0 Å². The van der Waals surface area contributed by atoms with Gasteiger partial charge in [-0.25, -0.2) is 4.57 Å². The van der Waals surface area contributed by atoms with E-state index in [1.54, 1.807) is 24.3 Å². The highest BCUT2D eigenvalue weighted by atomic mass is 31.2. The van der Waals surface area contributed by atoms with Crippen LogP contribution >= 0.6 is 7.60 Å². The number of ether oxygens (including phenoxy) is 1. The van der Waals surface area contributed by atoms with E-state index in [1.165, 1.54) is 0 Å². The Morgan fingerprint density at radius 3 is 1.72 bits per heavy atom. The zero-order valence-corrected chi connectivity index (χ0v) is 18.1. The Morgan fingerprint density at radius 2 is 1.12 bits per heavy atom. The monoisotopic (exact) mass is 440 g/mol. The second-order valence-corrected chi connectivity index (χ2v) is 9.33. The van der Waals surface area contributed by atoms with Crippen molar-refractivity contribution < 1.29 is 18.3 Å². The van der Waals surface area contributed by atoms with E-state index in [2.05, 4.69) is 0 Å². The molecule has 5 heteroatoms. The van der Waals surface area contributed by atoms with Gasteiger partial charge in [-0.15, -0.1) is 0 Å². The Morgan fingerprint density at radius 1 is 0.625 bits per heavy atom. The number of allylic oxidation sites excluding steroid dienone is 1. The summed E-state index contributed by atoms with van der Waals surface area (Å²) in [5.41, 5.74) is 0.975. The Labute approximate surface area is 187 Å². The van der Waals surface area contributed by atoms with Gasteiger partial charge >= 0.3 is 7.60 Å². The van der Waals surface area contributed by atoms with E-state index in [9.17, 15) is 4.57 Å². The number of para-hydroxylation sites is 3. The summed E-state index contributed by atoms with van der Waals surface area (Å²) in [6.45, 7) is 0. The van der Waals surface area contributed by atoms with Crippen molar-refractivity contribution in [3.05, 3.63) is 132 Å². The number of fused-ring (bicyclic) bond motifs is 1. The lowest BCUT2D eigenvalue weighted by atomic mass is 10.0. The van der Waals surface area contributed by atoms with Crippen molar-refractivity contribution in [1.82, 2.24) is 0 Å². The second kappa shape index (κ2) is 8.78. The van der Waals surface area contributed by atoms with E-state index < -0.39 is 13.3 Å². The molecule has 0 bridgehead atoms. The van der Waals surface area contributed by atoms with Crippen molar-refractivity contribution in [3.8, 4) is 17.2 Å². The van der Waals surface area contributed by atoms with Gasteiger partial charge in [-0.2, -0.15) is 0 Å². The third-order valence-electron chi connectivity index (χ3n) is 5.12. The minimum Gasteiger partial charge on any atom is -0.457 e. The SMILES string of the molecule is O=P(Oc1ccccc1)(Oc1ccccc1)C1C=C(c2ccccc2)Oc2ccccc21. The molecule has 1 unspecified atom stereocenters. The number of benzene rings is 4. The zero-order chi connectivity index (χ0) is 21.8. The van der Waals surface area contributed by atoms with Gasteiger partial charge < -0.3 is 13.8 Å². The molecule has 1 aliphatic rings. The molecule has 158 valence electrons. The van der Waals surface area contributed by atoms with Crippen molar-refractivity contribution in [2.45, 2.75) is 5.66 Å². The van der Waals surface area contributed by atoms with Crippen LogP contribution < -0.4 is 13.8 Å². The molecule has 0 amide bonds. The first-order valence-electron chi connectivity index (χ1n) is 10.3. The van der Waals surface area contributed by atoms with Crippen LogP contribution in [0, 0.1) is 0 Å². The first-order valence-corrected chi connectivity index (χ1v) is 12.0. The average Bonchev–Trinajstić information content (AvgIpc) is 2.85. The number of rotatable bonds is 6. The Balaban J connectivity index is 1.64. The van der Waals surface area contributed by atoms with Gasteiger partial charge in [0, 0.05) is 11.1 Å². The first-order chi connectivity index (χ1) is 15.7. The highest BCUT2D eigenvalue weighted by Crippen LogP contribution is 2.63. The lowest BCUT2D eigenvalue weighted by Gasteiger charge is -2.30. The molecule has 0 radical (unpaired) electrons. The molecule has 4 aromatic carbocycles. The standard InChI is InChI=1S/C27H21O4P/c28-32(30-22-14-6-2-7-15-22,31-23-16-8-3-9-17-23)27-20-26(21-12-4-1-5-13-21)29-25-19-11-10-18-24(25)27/h1-20,27H. The van der Waals surface area contributed by atoms with Crippen molar-refractivity contribution >= 4 is 13.4 Å². The quantitative estimate of drug-likeness (QED) is 0.291. The molecule has 0 fully saturated rings. The maximum Gasteiger partial charge on any atom is 0.442 e. The molecule has 32 heavy (non-hydrogen) atoms. The van der Waals surface area contributed by atoms with Crippen LogP contribution in [-0.4, -0.2) is 0 Å². The predicted octanol–water partition coefficient (Wildman–Crippen LogP) is 7.51. The molecule has 1 heterocycles. The molecule has 0 saturated carbocycles. The van der Waals surface area contributed by atoms with E-state index in [-0.39, 0.29) is 0 Å². The Kier molecular flexibility index (Phi) is 5.53. The molecular formula is C27H21O4P. The molecule has 0 aromatic heterocycles. The molecule has 0 spiro atoms. The summed E-state index contributed by atoms with van der Waals surface area (Å²) in [7, 11) is -3.79. The van der Waals surface area contributed by atoms with Crippen LogP contribution in [0.4, 0.5) is 0 Å². The molecule has 0 aliphatic carbocycles. The largest absolute Gasteiger partial charge is 0.457 e. The summed E-state index contributed by atoms with van der Waals surface area (Å²) < 4.78 is 32.9. The van der Waals surface area contributed by atoms with Gasteiger partial charge in [-0.3, -0.25) is 0 Å². The molecule has 0 saturated heterocycles. The van der Waals surface area contributed by atoms with E-state index in [1.807, 2.05) is 97.1 Å². The smallest absolute Gasteiger partial charge is 0.442 e. The second-order valence-electron chi connectivity index (χ2n) is 7.33. The van der Waals surface area contributed by atoms with Crippen LogP contribution in [0.25, 0.3) is 5.76 Å². The fourth-order valence-corrected chi connectivity index (χ4v) is 5.58. The highest BCUT2D eigenvalue weighted by Gasteiger charge is 2.43. The maximum atomic E-state index is 14.5. The summed E-state index contributed by atoms with van der Waals surface area (Å²) in [5.74, 6) is 2.20. The zero-order valence-electron chi connectivity index (χ0n) is 17.2. The van der Waals surface area contributed by atoms with Gasteiger partial charge in [0.05, 0.1) is 0 Å². The van der Waals surface area contributed by atoms with Crippen molar-refractivity contribution in [3.63, 3.8) is 0 Å². The number of hydrogen-bond donors (Lipinski definition) is 0. The van der Waals surface area contributed by atoms with E-state index in [4.69, 9.17) is 13.8 Å². The first kappa shape index (κ1) is 20.2. The van der Waals surface area contributed by atoms with Crippen LogP contribution in [0.1, 0.15) is 16.8 Å². The number of hydrogen-bond acceptors (Lipinski definition) is 4. The van der Waals surface area contributed by atoms with Gasteiger partial charge in [-0.05, 0) is 36.4 Å². The fraction of sp³-hybridized carbons (Fsp3) is 0.0370. The van der Waals surface area contributed by atoms with Crippen molar-refractivity contribution in [2.75, 3.05) is 0 Å². The Hall–Kier alpha value is -3.75. The molecule has 1 aliphatic heterocycles. The van der Waals surface area contributed by atoms with Crippen molar-refractivity contribution in [2.24, 2.45) is 0 Å². The van der Waals surface area contributed by atoms with Gasteiger partial charge in [0.2, 0.25) is 0 Å². The fourth-order valence-electron chi connectivity index (χ4n) is 3.61.